The molecule has 0 bridgehead atoms. The number of hydrogen-bond donors (Lipinski definition) is 2. The molecule has 0 radical (unpaired) electrons. The Morgan fingerprint density at radius 2 is 2.11 bits per heavy atom. The van der Waals surface area contributed by atoms with Crippen LogP contribution in [-0.2, 0) is 0 Å². The molecule has 6 nitrogen and oxygen atoms in total. The highest BCUT2D eigenvalue weighted by molar-refractivity contribution is 7.13. The summed E-state index contributed by atoms with van der Waals surface area (Å²) < 4.78 is 37.4. The lowest BCUT2D eigenvalue weighted by Crippen LogP contribution is -2.13. The average Bonchev–Trinajstić information content (AvgIpc) is 3.28. The van der Waals surface area contributed by atoms with Gasteiger partial charge in [-0.15, -0.1) is 11.3 Å². The van der Waals surface area contributed by atoms with Gasteiger partial charge in [0.25, 0.3) is 5.91 Å². The molecular formula is C18H17F2N3O3S2. The molecule has 10 heteroatoms. The molecule has 2 N–H and O–H groups in total. The van der Waals surface area contributed by atoms with Gasteiger partial charge in [-0.1, -0.05) is 6.07 Å². The summed E-state index contributed by atoms with van der Waals surface area (Å²) in [4.78, 5) is 16.5. The van der Waals surface area contributed by atoms with Crippen LogP contribution in [0.4, 0.5) is 14.5 Å². The van der Waals surface area contributed by atoms with Crippen molar-refractivity contribution in [2.24, 2.45) is 0 Å². The van der Waals surface area contributed by atoms with Crippen molar-refractivity contribution in [3.8, 4) is 15.6 Å². The number of thiazole rings is 1. The summed E-state index contributed by atoms with van der Waals surface area (Å²) in [6.07, 6.45) is 2.32. The fourth-order valence-electron chi connectivity index (χ4n) is 2.34. The van der Waals surface area contributed by atoms with Gasteiger partial charge in [-0.2, -0.15) is 4.37 Å². The third kappa shape index (κ3) is 4.89. The number of ether oxygens (including phenoxy) is 1. The summed E-state index contributed by atoms with van der Waals surface area (Å²) in [6, 6.07) is 3.54. The summed E-state index contributed by atoms with van der Waals surface area (Å²) in [5.74, 6) is -2.01. The number of rotatable bonds is 8. The van der Waals surface area contributed by atoms with Crippen LogP contribution in [0.5, 0.6) is 5.06 Å². The van der Waals surface area contributed by atoms with Crippen molar-refractivity contribution in [1.29, 1.82) is 0 Å². The lowest BCUT2D eigenvalue weighted by Gasteiger charge is -2.07. The van der Waals surface area contributed by atoms with Crippen LogP contribution in [0.1, 0.15) is 30.3 Å². The Labute approximate surface area is 168 Å². The minimum atomic E-state index is -0.740. The van der Waals surface area contributed by atoms with E-state index in [1.807, 2.05) is 0 Å². The molecule has 1 amide bonds. The first-order valence-corrected chi connectivity index (χ1v) is 10.1. The quantitative estimate of drug-likeness (QED) is 0.525. The number of anilines is 1. The summed E-state index contributed by atoms with van der Waals surface area (Å²) in [5.41, 5.74) is 0.165. The van der Waals surface area contributed by atoms with Crippen molar-refractivity contribution >= 4 is 34.5 Å². The summed E-state index contributed by atoms with van der Waals surface area (Å²) in [7, 11) is 0. The Morgan fingerprint density at radius 1 is 1.36 bits per heavy atom. The molecule has 2 heterocycles. The topological polar surface area (TPSA) is 84.3 Å². The highest BCUT2D eigenvalue weighted by Gasteiger charge is 2.19. The molecule has 1 atom stereocenters. The number of carbonyl (C=O) groups excluding carboxylic acids is 1. The van der Waals surface area contributed by atoms with Crippen molar-refractivity contribution < 1.29 is 23.4 Å². The summed E-state index contributed by atoms with van der Waals surface area (Å²) in [6.45, 7) is 2.08. The van der Waals surface area contributed by atoms with Crippen molar-refractivity contribution in [3.05, 3.63) is 47.1 Å². The van der Waals surface area contributed by atoms with E-state index >= 15 is 0 Å². The maximum atomic E-state index is 13.9. The molecule has 0 saturated heterocycles. The van der Waals surface area contributed by atoms with Crippen molar-refractivity contribution in [1.82, 2.24) is 9.36 Å². The van der Waals surface area contributed by atoms with E-state index in [1.165, 1.54) is 17.6 Å². The van der Waals surface area contributed by atoms with Gasteiger partial charge in [0.05, 0.1) is 24.5 Å². The predicted molar refractivity (Wildman–Crippen MR) is 104 cm³/mol. The maximum absolute atomic E-state index is 13.9. The molecule has 0 spiro atoms. The molecule has 0 saturated carbocycles. The summed E-state index contributed by atoms with van der Waals surface area (Å²) in [5, 5.41) is 13.8. The Morgan fingerprint density at radius 3 is 2.82 bits per heavy atom. The number of nitrogens with zero attached hydrogens (tertiary/aromatic N) is 2. The van der Waals surface area contributed by atoms with Crippen molar-refractivity contribution in [2.45, 2.75) is 25.9 Å². The van der Waals surface area contributed by atoms with E-state index in [0.29, 0.717) is 30.2 Å². The van der Waals surface area contributed by atoms with Crippen LogP contribution in [0, 0.1) is 11.6 Å². The molecule has 28 heavy (non-hydrogen) atoms. The van der Waals surface area contributed by atoms with Gasteiger partial charge in [0, 0.05) is 16.9 Å². The van der Waals surface area contributed by atoms with E-state index in [2.05, 4.69) is 14.7 Å². The number of aliphatic hydroxyl groups excluding tert-OH is 1. The minimum absolute atomic E-state index is 0.0360. The van der Waals surface area contributed by atoms with Gasteiger partial charge in [-0.25, -0.2) is 13.8 Å². The first kappa shape index (κ1) is 20.3. The minimum Gasteiger partial charge on any atom is -0.481 e. The van der Waals surface area contributed by atoms with E-state index in [0.717, 1.165) is 35.0 Å². The second-order valence-corrected chi connectivity index (χ2v) is 7.58. The van der Waals surface area contributed by atoms with E-state index in [9.17, 15) is 18.7 Å². The standard InChI is InChI=1S/C18H17F2N3O3S2/c1-10(24)4-3-7-26-18-13(8-21-28-18)22-16(25)14-9-27-17(23-14)15-11(19)5-2-6-12(15)20/h2,5-6,8-10,24H,3-4,7H2,1H3,(H,22,25). The fourth-order valence-corrected chi connectivity index (χ4v) is 3.78. The number of nitrogens with one attached hydrogen (secondary N) is 1. The van der Waals surface area contributed by atoms with Gasteiger partial charge < -0.3 is 15.2 Å². The van der Waals surface area contributed by atoms with Gasteiger partial charge in [-0.3, -0.25) is 4.79 Å². The normalized spacial score (nSPS) is 12.0. The number of aliphatic hydroxyl groups is 1. The van der Waals surface area contributed by atoms with Crippen LogP contribution < -0.4 is 10.1 Å². The maximum Gasteiger partial charge on any atom is 0.275 e. The van der Waals surface area contributed by atoms with Gasteiger partial charge >= 0.3 is 0 Å². The Bertz CT molecular complexity index is 939. The SMILES string of the molecule is CC(O)CCCOc1sncc1NC(=O)c1csc(-c2c(F)cccc2F)n1. The largest absolute Gasteiger partial charge is 0.481 e. The molecule has 3 rings (SSSR count). The van der Waals surface area contributed by atoms with Gasteiger partial charge in [-0.05, 0) is 31.9 Å². The number of halogens is 2. The third-order valence-corrected chi connectivity index (χ3v) is 5.27. The molecule has 3 aromatic rings. The zero-order valence-corrected chi connectivity index (χ0v) is 16.4. The molecule has 1 unspecified atom stereocenters. The summed E-state index contributed by atoms with van der Waals surface area (Å²) >= 11 is 2.06. The molecule has 0 aliphatic rings. The van der Waals surface area contributed by atoms with E-state index < -0.39 is 23.6 Å². The molecule has 2 aromatic heterocycles. The molecule has 148 valence electrons. The lowest BCUT2D eigenvalue weighted by atomic mass is 10.2. The molecule has 0 fully saturated rings. The van der Waals surface area contributed by atoms with Crippen LogP contribution in [0.2, 0.25) is 0 Å². The van der Waals surface area contributed by atoms with Crippen LogP contribution >= 0.6 is 22.9 Å². The lowest BCUT2D eigenvalue weighted by molar-refractivity contribution is 0.102. The van der Waals surface area contributed by atoms with E-state index in [1.54, 1.807) is 6.92 Å². The van der Waals surface area contributed by atoms with Crippen LogP contribution in [0.15, 0.2) is 29.8 Å². The van der Waals surface area contributed by atoms with Gasteiger partial charge in [0.15, 0.2) is 0 Å². The second kappa shape index (κ2) is 9.18. The molecular weight excluding hydrogens is 408 g/mol. The average molecular weight is 425 g/mol. The number of amides is 1. The Hall–Kier alpha value is -2.43. The predicted octanol–water partition coefficient (Wildman–Crippen LogP) is 4.34. The number of aromatic nitrogens is 2. The highest BCUT2D eigenvalue weighted by atomic mass is 32.1. The molecule has 0 aliphatic carbocycles. The van der Waals surface area contributed by atoms with E-state index in [4.69, 9.17) is 4.74 Å². The van der Waals surface area contributed by atoms with E-state index in [-0.39, 0.29) is 16.3 Å². The monoisotopic (exact) mass is 425 g/mol. The molecule has 1 aromatic carbocycles. The van der Waals surface area contributed by atoms with Crippen LogP contribution in [0.25, 0.3) is 10.6 Å². The first-order chi connectivity index (χ1) is 13.5. The molecule has 0 aliphatic heterocycles. The van der Waals surface area contributed by atoms with Gasteiger partial charge in [0.1, 0.15) is 28.0 Å². The van der Waals surface area contributed by atoms with Gasteiger partial charge in [0.2, 0.25) is 5.06 Å². The zero-order valence-electron chi connectivity index (χ0n) is 14.8. The van der Waals surface area contributed by atoms with Crippen LogP contribution in [-0.4, -0.2) is 33.1 Å². The highest BCUT2D eigenvalue weighted by Crippen LogP contribution is 2.31. The fraction of sp³-hybridized carbons (Fsp3) is 0.278. The zero-order chi connectivity index (χ0) is 20.1. The Balaban J connectivity index is 1.67. The Kier molecular flexibility index (Phi) is 6.65. The van der Waals surface area contributed by atoms with Crippen LogP contribution in [0.3, 0.4) is 0 Å². The number of carbonyl (C=O) groups is 1. The van der Waals surface area contributed by atoms with Crippen molar-refractivity contribution in [2.75, 3.05) is 11.9 Å². The second-order valence-electron chi connectivity index (χ2n) is 5.96. The smallest absolute Gasteiger partial charge is 0.275 e. The first-order valence-electron chi connectivity index (χ1n) is 8.42. The number of benzene rings is 1. The third-order valence-electron chi connectivity index (χ3n) is 3.70. The number of hydrogen-bond acceptors (Lipinski definition) is 7. The van der Waals surface area contributed by atoms with Crippen molar-refractivity contribution in [3.63, 3.8) is 0 Å².